The maximum atomic E-state index is 13.6. The van der Waals surface area contributed by atoms with E-state index in [1.807, 2.05) is 18.2 Å². The van der Waals surface area contributed by atoms with Crippen molar-refractivity contribution in [1.29, 1.82) is 5.26 Å². The van der Waals surface area contributed by atoms with Gasteiger partial charge in [-0.3, -0.25) is 0 Å². The summed E-state index contributed by atoms with van der Waals surface area (Å²) in [6, 6.07) is 6.62. The van der Waals surface area contributed by atoms with E-state index in [2.05, 4.69) is 0 Å². The van der Waals surface area contributed by atoms with Gasteiger partial charge in [-0.05, 0) is 55.2 Å². The van der Waals surface area contributed by atoms with E-state index in [-0.39, 0.29) is 12.0 Å². The number of nitriles is 1. The van der Waals surface area contributed by atoms with Gasteiger partial charge in [0, 0.05) is 6.42 Å². The van der Waals surface area contributed by atoms with Crippen LogP contribution < -0.4 is 0 Å². The fraction of sp³-hybridized carbons (Fsp3) is 0.471. The molecule has 0 N–H and O–H groups in total. The van der Waals surface area contributed by atoms with Crippen LogP contribution in [0.4, 0.5) is 13.2 Å². The maximum Gasteiger partial charge on any atom is 0.242 e. The van der Waals surface area contributed by atoms with Crippen molar-refractivity contribution >= 4 is 0 Å². The minimum Gasteiger partial charge on any atom is -0.210 e. The van der Waals surface area contributed by atoms with Gasteiger partial charge in [0.1, 0.15) is 11.9 Å². The SMILES string of the molecule is N#Cc1ccc([C@H]2CC[C@H](/C=C/CC(F)F)CC2)cc1F. The Bertz CT molecular complexity index is 537. The first-order valence-electron chi connectivity index (χ1n) is 7.24. The lowest BCUT2D eigenvalue weighted by Crippen LogP contribution is -2.12. The summed E-state index contributed by atoms with van der Waals surface area (Å²) < 4.78 is 37.7. The summed E-state index contributed by atoms with van der Waals surface area (Å²) >= 11 is 0. The molecule has 0 aliphatic heterocycles. The van der Waals surface area contributed by atoms with Gasteiger partial charge in [-0.25, -0.2) is 13.2 Å². The maximum absolute atomic E-state index is 13.6. The molecule has 1 aromatic rings. The third-order valence-corrected chi connectivity index (χ3v) is 4.08. The molecule has 0 radical (unpaired) electrons. The highest BCUT2D eigenvalue weighted by atomic mass is 19.3. The highest BCUT2D eigenvalue weighted by Crippen LogP contribution is 2.36. The lowest BCUT2D eigenvalue weighted by atomic mass is 9.78. The number of nitrogens with zero attached hydrogens (tertiary/aromatic N) is 1. The van der Waals surface area contributed by atoms with Gasteiger partial charge in [0.15, 0.2) is 0 Å². The molecule has 4 heteroatoms. The molecule has 1 aliphatic carbocycles. The monoisotopic (exact) mass is 293 g/mol. The summed E-state index contributed by atoms with van der Waals surface area (Å²) in [6.07, 6.45) is 4.72. The van der Waals surface area contributed by atoms with E-state index in [9.17, 15) is 13.2 Å². The van der Waals surface area contributed by atoms with Crippen molar-refractivity contribution in [3.63, 3.8) is 0 Å². The molecule has 0 unspecified atom stereocenters. The second-order valence-corrected chi connectivity index (χ2v) is 5.52. The Kier molecular flexibility index (Phi) is 5.44. The Labute approximate surface area is 123 Å². The lowest BCUT2D eigenvalue weighted by molar-refractivity contribution is 0.152. The Morgan fingerprint density at radius 3 is 2.52 bits per heavy atom. The summed E-state index contributed by atoms with van der Waals surface area (Å²) in [4.78, 5) is 0. The molecule has 0 aromatic heterocycles. The number of rotatable bonds is 4. The minimum absolute atomic E-state index is 0.0716. The zero-order chi connectivity index (χ0) is 15.2. The van der Waals surface area contributed by atoms with E-state index in [1.54, 1.807) is 6.08 Å². The average Bonchev–Trinajstić information content (AvgIpc) is 2.47. The van der Waals surface area contributed by atoms with Crippen molar-refractivity contribution in [1.82, 2.24) is 0 Å². The van der Waals surface area contributed by atoms with Crippen molar-refractivity contribution in [3.8, 4) is 6.07 Å². The molecule has 1 fully saturated rings. The number of allylic oxidation sites excluding steroid dienone is 2. The van der Waals surface area contributed by atoms with Crippen molar-refractivity contribution in [2.75, 3.05) is 0 Å². The van der Waals surface area contributed by atoms with Gasteiger partial charge in [0.05, 0.1) is 5.56 Å². The predicted octanol–water partition coefficient (Wildman–Crippen LogP) is 5.18. The smallest absolute Gasteiger partial charge is 0.210 e. The molecular weight excluding hydrogens is 275 g/mol. The highest BCUT2D eigenvalue weighted by Gasteiger charge is 2.21. The van der Waals surface area contributed by atoms with E-state index in [1.165, 1.54) is 12.1 Å². The molecule has 1 aromatic carbocycles. The summed E-state index contributed by atoms with van der Waals surface area (Å²) in [5.41, 5.74) is 1.00. The fourth-order valence-electron chi connectivity index (χ4n) is 2.89. The van der Waals surface area contributed by atoms with Gasteiger partial charge >= 0.3 is 0 Å². The Hall–Kier alpha value is -1.76. The summed E-state index contributed by atoms with van der Waals surface area (Å²) in [5.74, 6) is 0.184. The first-order chi connectivity index (χ1) is 10.1. The molecule has 0 amide bonds. The molecule has 2 rings (SSSR count). The summed E-state index contributed by atoms with van der Waals surface area (Å²) in [7, 11) is 0. The molecule has 1 saturated carbocycles. The standard InChI is InChI=1S/C17H18F3N/c18-16-10-14(8-9-15(16)11-21)13-6-4-12(5-7-13)2-1-3-17(19)20/h1-2,8-10,12-13,17H,3-7H2/b2-1+/t12-,13-. The Morgan fingerprint density at radius 1 is 1.24 bits per heavy atom. The van der Waals surface area contributed by atoms with Crippen LogP contribution in [0, 0.1) is 23.1 Å². The van der Waals surface area contributed by atoms with Crippen molar-refractivity contribution in [3.05, 3.63) is 47.3 Å². The van der Waals surface area contributed by atoms with Crippen LogP contribution in [0.25, 0.3) is 0 Å². The second-order valence-electron chi connectivity index (χ2n) is 5.52. The van der Waals surface area contributed by atoms with Crippen LogP contribution in [0.5, 0.6) is 0 Å². The van der Waals surface area contributed by atoms with E-state index in [0.717, 1.165) is 31.2 Å². The minimum atomic E-state index is -2.28. The first-order valence-corrected chi connectivity index (χ1v) is 7.24. The molecule has 112 valence electrons. The van der Waals surface area contributed by atoms with Crippen LogP contribution >= 0.6 is 0 Å². The lowest BCUT2D eigenvalue weighted by Gasteiger charge is -2.27. The molecular formula is C17H18F3N. The van der Waals surface area contributed by atoms with Gasteiger partial charge in [0.25, 0.3) is 0 Å². The van der Waals surface area contributed by atoms with Gasteiger partial charge in [-0.15, -0.1) is 0 Å². The molecule has 1 aliphatic rings. The zero-order valence-electron chi connectivity index (χ0n) is 11.7. The summed E-state index contributed by atoms with van der Waals surface area (Å²) in [5, 5.41) is 8.72. The topological polar surface area (TPSA) is 23.8 Å². The quantitative estimate of drug-likeness (QED) is 0.701. The van der Waals surface area contributed by atoms with E-state index >= 15 is 0 Å². The predicted molar refractivity (Wildman–Crippen MR) is 75.6 cm³/mol. The normalized spacial score (nSPS) is 22.6. The van der Waals surface area contributed by atoms with Crippen LogP contribution in [0.15, 0.2) is 30.4 Å². The molecule has 1 nitrogen and oxygen atoms in total. The molecule has 0 bridgehead atoms. The molecule has 0 spiro atoms. The van der Waals surface area contributed by atoms with Crippen LogP contribution in [-0.2, 0) is 0 Å². The van der Waals surface area contributed by atoms with Crippen LogP contribution in [0.2, 0.25) is 0 Å². The van der Waals surface area contributed by atoms with Gasteiger partial charge in [-0.1, -0.05) is 18.2 Å². The fourth-order valence-corrected chi connectivity index (χ4v) is 2.89. The zero-order valence-corrected chi connectivity index (χ0v) is 11.7. The third-order valence-electron chi connectivity index (χ3n) is 4.08. The Balaban J connectivity index is 1.91. The van der Waals surface area contributed by atoms with Crippen molar-refractivity contribution in [2.24, 2.45) is 5.92 Å². The Morgan fingerprint density at radius 2 is 1.95 bits per heavy atom. The highest BCUT2D eigenvalue weighted by molar-refractivity contribution is 5.35. The van der Waals surface area contributed by atoms with Crippen molar-refractivity contribution < 1.29 is 13.2 Å². The number of hydrogen-bond acceptors (Lipinski definition) is 1. The van der Waals surface area contributed by atoms with Crippen LogP contribution in [0.3, 0.4) is 0 Å². The first kappa shape index (κ1) is 15.6. The van der Waals surface area contributed by atoms with Gasteiger partial charge in [0.2, 0.25) is 6.43 Å². The van der Waals surface area contributed by atoms with Gasteiger partial charge < -0.3 is 0 Å². The largest absolute Gasteiger partial charge is 0.242 e. The molecule has 21 heavy (non-hydrogen) atoms. The molecule has 0 heterocycles. The van der Waals surface area contributed by atoms with Crippen molar-refractivity contribution in [2.45, 2.75) is 44.4 Å². The number of hydrogen-bond donors (Lipinski definition) is 0. The average molecular weight is 293 g/mol. The second kappa shape index (κ2) is 7.31. The van der Waals surface area contributed by atoms with E-state index < -0.39 is 12.2 Å². The third kappa shape index (κ3) is 4.35. The van der Waals surface area contributed by atoms with E-state index in [0.29, 0.717) is 11.8 Å². The number of alkyl halides is 2. The molecule has 0 saturated heterocycles. The van der Waals surface area contributed by atoms with Crippen LogP contribution in [0.1, 0.15) is 49.1 Å². The van der Waals surface area contributed by atoms with Crippen LogP contribution in [-0.4, -0.2) is 6.43 Å². The summed E-state index contributed by atoms with van der Waals surface area (Å²) in [6.45, 7) is 0. The molecule has 0 atom stereocenters. The van der Waals surface area contributed by atoms with E-state index in [4.69, 9.17) is 5.26 Å². The number of halogens is 3. The number of benzene rings is 1. The van der Waals surface area contributed by atoms with Gasteiger partial charge in [-0.2, -0.15) is 5.26 Å².